The van der Waals surface area contributed by atoms with Crippen molar-refractivity contribution in [3.63, 3.8) is 0 Å². The molecule has 1 heterocycles. The summed E-state index contributed by atoms with van der Waals surface area (Å²) in [5.74, 6) is 1.74. The van der Waals surface area contributed by atoms with E-state index in [0.717, 1.165) is 25.0 Å². The second kappa shape index (κ2) is 3.13. The molecule has 0 radical (unpaired) electrons. The van der Waals surface area contributed by atoms with Crippen LogP contribution in [-0.2, 0) is 0 Å². The van der Waals surface area contributed by atoms with Gasteiger partial charge in [-0.3, -0.25) is 4.99 Å². The van der Waals surface area contributed by atoms with E-state index in [-0.39, 0.29) is 0 Å². The highest BCUT2D eigenvalue weighted by Gasteiger charge is 2.64. The molecule has 1 aliphatic heterocycles. The van der Waals surface area contributed by atoms with Crippen LogP contribution in [0.4, 0.5) is 0 Å². The van der Waals surface area contributed by atoms with E-state index in [4.69, 9.17) is 0 Å². The van der Waals surface area contributed by atoms with E-state index in [0.29, 0.717) is 16.9 Å². The summed E-state index contributed by atoms with van der Waals surface area (Å²) in [6, 6.07) is 0.493. The Balaban J connectivity index is 1.81. The molecule has 0 aromatic carbocycles. The number of nitrogens with zero attached hydrogens (tertiary/aromatic N) is 1. The lowest BCUT2D eigenvalue weighted by molar-refractivity contribution is 0.457. The van der Waals surface area contributed by atoms with E-state index >= 15 is 0 Å². The number of aliphatic imine (C=N–C) groups is 1. The third-order valence-corrected chi connectivity index (χ3v) is 4.70. The molecular formula is C12H23N3. The Kier molecular flexibility index (Phi) is 2.25. The number of nitrogens with one attached hydrogen (secondary N) is 2. The van der Waals surface area contributed by atoms with Gasteiger partial charge in [0.1, 0.15) is 0 Å². The molecule has 1 saturated carbocycles. The Bertz CT molecular complexity index is 277. The van der Waals surface area contributed by atoms with Crippen LogP contribution in [0.2, 0.25) is 0 Å². The summed E-state index contributed by atoms with van der Waals surface area (Å²) in [6.45, 7) is 13.5. The molecular weight excluding hydrogens is 186 g/mol. The van der Waals surface area contributed by atoms with E-state index in [1.165, 1.54) is 0 Å². The minimum atomic E-state index is 0.463. The van der Waals surface area contributed by atoms with Gasteiger partial charge in [0.2, 0.25) is 0 Å². The molecule has 0 amide bonds. The van der Waals surface area contributed by atoms with Gasteiger partial charge in [-0.15, -0.1) is 0 Å². The Morgan fingerprint density at radius 2 is 1.93 bits per heavy atom. The molecule has 1 atom stereocenters. The van der Waals surface area contributed by atoms with Crippen LogP contribution in [0.15, 0.2) is 4.99 Å². The van der Waals surface area contributed by atoms with E-state index in [2.05, 4.69) is 50.2 Å². The molecule has 3 heteroatoms. The van der Waals surface area contributed by atoms with Gasteiger partial charge in [0.25, 0.3) is 0 Å². The normalized spacial score (nSPS) is 32.1. The largest absolute Gasteiger partial charge is 0.356 e. The van der Waals surface area contributed by atoms with Gasteiger partial charge in [0.15, 0.2) is 5.96 Å². The maximum atomic E-state index is 4.41. The molecule has 0 aromatic rings. The zero-order chi connectivity index (χ0) is 11.3. The van der Waals surface area contributed by atoms with Crippen molar-refractivity contribution in [1.82, 2.24) is 10.6 Å². The van der Waals surface area contributed by atoms with Crippen LogP contribution in [0.3, 0.4) is 0 Å². The van der Waals surface area contributed by atoms with Gasteiger partial charge < -0.3 is 10.6 Å². The van der Waals surface area contributed by atoms with Crippen LogP contribution in [0.25, 0.3) is 0 Å². The zero-order valence-electron chi connectivity index (χ0n) is 10.5. The fourth-order valence-corrected chi connectivity index (χ4v) is 2.70. The van der Waals surface area contributed by atoms with Gasteiger partial charge in [-0.2, -0.15) is 0 Å². The Labute approximate surface area is 92.7 Å². The lowest BCUT2D eigenvalue weighted by atomic mass is 10.0. The molecule has 0 bridgehead atoms. The molecule has 0 saturated heterocycles. The smallest absolute Gasteiger partial charge is 0.191 e. The third-order valence-electron chi connectivity index (χ3n) is 4.70. The first-order valence-corrected chi connectivity index (χ1v) is 5.90. The Hall–Kier alpha value is -0.730. The van der Waals surface area contributed by atoms with Crippen LogP contribution >= 0.6 is 0 Å². The Morgan fingerprint density at radius 3 is 2.33 bits per heavy atom. The van der Waals surface area contributed by atoms with Gasteiger partial charge in [-0.05, 0) is 23.7 Å². The maximum absolute atomic E-state index is 4.41. The lowest BCUT2D eigenvalue weighted by Crippen LogP contribution is -2.39. The number of hydrogen-bond acceptors (Lipinski definition) is 3. The average Bonchev–Trinajstić information content (AvgIpc) is 2.50. The number of rotatable bonds is 2. The van der Waals surface area contributed by atoms with Gasteiger partial charge in [-0.1, -0.05) is 27.7 Å². The van der Waals surface area contributed by atoms with Crippen molar-refractivity contribution in [1.29, 1.82) is 0 Å². The molecule has 3 nitrogen and oxygen atoms in total. The van der Waals surface area contributed by atoms with E-state index in [1.54, 1.807) is 0 Å². The molecule has 0 aromatic heterocycles. The van der Waals surface area contributed by atoms with Crippen molar-refractivity contribution in [2.24, 2.45) is 21.7 Å². The lowest BCUT2D eigenvalue weighted by Gasteiger charge is -2.09. The molecule has 1 fully saturated rings. The van der Waals surface area contributed by atoms with Crippen molar-refractivity contribution in [2.45, 2.75) is 40.7 Å². The van der Waals surface area contributed by atoms with Gasteiger partial charge in [0, 0.05) is 12.6 Å². The van der Waals surface area contributed by atoms with Crippen LogP contribution in [-0.4, -0.2) is 25.1 Å². The predicted octanol–water partition coefficient (Wildman–Crippen LogP) is 1.61. The quantitative estimate of drug-likeness (QED) is 0.725. The summed E-state index contributed by atoms with van der Waals surface area (Å²) in [6.07, 6.45) is 0. The molecule has 86 valence electrons. The number of guanidine groups is 1. The fraction of sp³-hybridized carbons (Fsp3) is 0.917. The molecule has 15 heavy (non-hydrogen) atoms. The zero-order valence-corrected chi connectivity index (χ0v) is 10.5. The van der Waals surface area contributed by atoms with E-state index in [1.807, 2.05) is 0 Å². The standard InChI is InChI=1S/C12H23N3/c1-8-6-13-10(15-8)14-7-9-11(2,3)12(9,4)5/h8-9H,6-7H2,1-5H3,(H2,13,14,15). The van der Waals surface area contributed by atoms with Crippen molar-refractivity contribution >= 4 is 5.96 Å². The molecule has 2 aliphatic rings. The summed E-state index contributed by atoms with van der Waals surface area (Å²) in [5.41, 5.74) is 0.926. The fourth-order valence-electron chi connectivity index (χ4n) is 2.70. The number of hydrogen-bond donors (Lipinski definition) is 2. The predicted molar refractivity (Wildman–Crippen MR) is 64.0 cm³/mol. The van der Waals surface area contributed by atoms with Crippen LogP contribution in [0, 0.1) is 16.7 Å². The van der Waals surface area contributed by atoms with Crippen molar-refractivity contribution in [3.8, 4) is 0 Å². The highest BCUT2D eigenvalue weighted by atomic mass is 15.2. The molecule has 2 N–H and O–H groups in total. The first kappa shape index (κ1) is 10.8. The minimum absolute atomic E-state index is 0.463. The van der Waals surface area contributed by atoms with Crippen LogP contribution in [0.1, 0.15) is 34.6 Å². The van der Waals surface area contributed by atoms with Crippen molar-refractivity contribution < 1.29 is 0 Å². The third kappa shape index (κ3) is 1.62. The van der Waals surface area contributed by atoms with Gasteiger partial charge >= 0.3 is 0 Å². The highest BCUT2D eigenvalue weighted by molar-refractivity contribution is 5.81. The van der Waals surface area contributed by atoms with Gasteiger partial charge in [-0.25, -0.2) is 0 Å². The summed E-state index contributed by atoms with van der Waals surface area (Å²) in [7, 11) is 0. The molecule has 0 spiro atoms. The highest BCUT2D eigenvalue weighted by Crippen LogP contribution is 2.67. The van der Waals surface area contributed by atoms with Crippen LogP contribution in [0.5, 0.6) is 0 Å². The second-order valence-corrected chi connectivity index (χ2v) is 6.11. The monoisotopic (exact) mass is 209 g/mol. The average molecular weight is 209 g/mol. The second-order valence-electron chi connectivity index (χ2n) is 6.11. The van der Waals surface area contributed by atoms with E-state index in [9.17, 15) is 0 Å². The van der Waals surface area contributed by atoms with Crippen molar-refractivity contribution in [2.75, 3.05) is 13.1 Å². The molecule has 2 rings (SSSR count). The summed E-state index contributed by atoms with van der Waals surface area (Å²) in [4.78, 5) is 4.41. The summed E-state index contributed by atoms with van der Waals surface area (Å²) < 4.78 is 0. The summed E-state index contributed by atoms with van der Waals surface area (Å²) in [5, 5.41) is 6.75. The maximum Gasteiger partial charge on any atom is 0.191 e. The van der Waals surface area contributed by atoms with Crippen molar-refractivity contribution in [3.05, 3.63) is 0 Å². The Morgan fingerprint density at radius 1 is 1.33 bits per heavy atom. The SMILES string of the molecule is CC1CN=C(NCC2C(C)(C)C2(C)C)N1. The first-order chi connectivity index (χ1) is 6.85. The van der Waals surface area contributed by atoms with E-state index < -0.39 is 0 Å². The topological polar surface area (TPSA) is 36.4 Å². The minimum Gasteiger partial charge on any atom is -0.356 e. The first-order valence-electron chi connectivity index (χ1n) is 5.90. The molecule has 1 aliphatic carbocycles. The summed E-state index contributed by atoms with van der Waals surface area (Å²) >= 11 is 0. The van der Waals surface area contributed by atoms with Crippen LogP contribution < -0.4 is 10.6 Å². The molecule has 1 unspecified atom stereocenters. The van der Waals surface area contributed by atoms with Gasteiger partial charge in [0.05, 0.1) is 6.54 Å².